The average molecular weight is 422 g/mol. The van der Waals surface area contributed by atoms with Gasteiger partial charge < -0.3 is 9.64 Å². The first-order valence-electron chi connectivity index (χ1n) is 10.3. The quantitative estimate of drug-likeness (QED) is 0.707. The van der Waals surface area contributed by atoms with E-state index in [-0.39, 0.29) is 11.7 Å². The van der Waals surface area contributed by atoms with Crippen molar-refractivity contribution in [3.8, 4) is 0 Å². The maximum atomic E-state index is 6.35. The fourth-order valence-electron chi connectivity index (χ4n) is 5.02. The predicted octanol–water partition coefficient (Wildman–Crippen LogP) is 3.00. The molecular formula is C20H28ClN5OS. The molecule has 3 fully saturated rings. The molecule has 3 aliphatic rings. The van der Waals surface area contributed by atoms with Gasteiger partial charge in [-0.1, -0.05) is 18.5 Å². The van der Waals surface area contributed by atoms with E-state index in [0.717, 1.165) is 23.3 Å². The molecule has 152 valence electrons. The number of hydrogen-bond donors (Lipinski definition) is 0. The van der Waals surface area contributed by atoms with E-state index in [2.05, 4.69) is 37.7 Å². The van der Waals surface area contributed by atoms with Gasteiger partial charge in [-0.2, -0.15) is 0 Å². The van der Waals surface area contributed by atoms with E-state index in [1.807, 2.05) is 17.5 Å². The van der Waals surface area contributed by atoms with Gasteiger partial charge in [0.05, 0.1) is 23.0 Å². The molecule has 0 saturated carbocycles. The highest BCUT2D eigenvalue weighted by molar-refractivity contribution is 7.19. The predicted molar refractivity (Wildman–Crippen MR) is 113 cm³/mol. The summed E-state index contributed by atoms with van der Waals surface area (Å²) in [5, 5.41) is 0. The van der Waals surface area contributed by atoms with E-state index in [1.54, 1.807) is 6.33 Å². The third-order valence-corrected chi connectivity index (χ3v) is 8.02. The SMILES string of the molecule is CCN1CCC2(CC1)CN(C(c1cc3ncncc3s1)N1CCOC(Cl)C1)C2. The summed E-state index contributed by atoms with van der Waals surface area (Å²) in [6.45, 7) is 10.7. The topological polar surface area (TPSA) is 44.7 Å². The molecule has 5 rings (SSSR count). The molecule has 0 aliphatic carbocycles. The van der Waals surface area contributed by atoms with Crippen LogP contribution in [0.1, 0.15) is 30.8 Å². The molecule has 3 aliphatic heterocycles. The van der Waals surface area contributed by atoms with Gasteiger partial charge in [-0.3, -0.25) is 9.80 Å². The summed E-state index contributed by atoms with van der Waals surface area (Å²) in [5.74, 6) is 0. The van der Waals surface area contributed by atoms with Crippen molar-refractivity contribution in [2.45, 2.75) is 31.5 Å². The lowest BCUT2D eigenvalue weighted by atomic mass is 9.71. The van der Waals surface area contributed by atoms with Crippen LogP contribution in [0.15, 0.2) is 18.6 Å². The van der Waals surface area contributed by atoms with Crippen molar-refractivity contribution in [3.63, 3.8) is 0 Å². The van der Waals surface area contributed by atoms with E-state index in [9.17, 15) is 0 Å². The number of alkyl halides is 1. The Labute approximate surface area is 175 Å². The van der Waals surface area contributed by atoms with Crippen LogP contribution >= 0.6 is 22.9 Å². The molecule has 8 heteroatoms. The number of halogens is 1. The minimum absolute atomic E-state index is 0.228. The van der Waals surface area contributed by atoms with Gasteiger partial charge in [-0.25, -0.2) is 9.97 Å². The van der Waals surface area contributed by atoms with Gasteiger partial charge in [0, 0.05) is 37.3 Å². The molecule has 2 aromatic heterocycles. The number of likely N-dealkylation sites (tertiary alicyclic amines) is 2. The number of aromatic nitrogens is 2. The minimum Gasteiger partial charge on any atom is -0.360 e. The van der Waals surface area contributed by atoms with E-state index < -0.39 is 0 Å². The van der Waals surface area contributed by atoms with Crippen molar-refractivity contribution >= 4 is 33.2 Å². The largest absolute Gasteiger partial charge is 0.360 e. The highest BCUT2D eigenvalue weighted by atomic mass is 35.5. The third kappa shape index (κ3) is 3.57. The van der Waals surface area contributed by atoms with Crippen LogP contribution in [-0.4, -0.2) is 82.7 Å². The number of hydrogen-bond acceptors (Lipinski definition) is 7. The second-order valence-corrected chi connectivity index (χ2v) is 10.0. The van der Waals surface area contributed by atoms with Crippen molar-refractivity contribution in [1.82, 2.24) is 24.7 Å². The van der Waals surface area contributed by atoms with Crippen molar-refractivity contribution < 1.29 is 4.74 Å². The van der Waals surface area contributed by atoms with Gasteiger partial charge in [0.15, 0.2) is 0 Å². The van der Waals surface area contributed by atoms with Gasteiger partial charge in [-0.15, -0.1) is 11.3 Å². The lowest BCUT2D eigenvalue weighted by Crippen LogP contribution is -2.63. The number of piperidine rings is 1. The molecule has 6 nitrogen and oxygen atoms in total. The second kappa shape index (κ2) is 7.78. The number of fused-ring (bicyclic) bond motifs is 1. The summed E-state index contributed by atoms with van der Waals surface area (Å²) in [6, 6.07) is 2.25. The van der Waals surface area contributed by atoms with Crippen molar-refractivity contribution in [2.75, 3.05) is 52.4 Å². The van der Waals surface area contributed by atoms with E-state index >= 15 is 0 Å². The summed E-state index contributed by atoms with van der Waals surface area (Å²) in [5.41, 5.74) is 1.32. The van der Waals surface area contributed by atoms with Gasteiger partial charge >= 0.3 is 0 Å². The summed E-state index contributed by atoms with van der Waals surface area (Å²) in [7, 11) is 0. The van der Waals surface area contributed by atoms with Crippen LogP contribution < -0.4 is 0 Å². The fourth-order valence-corrected chi connectivity index (χ4v) is 6.44. The molecule has 2 unspecified atom stereocenters. The maximum absolute atomic E-state index is 6.35. The lowest BCUT2D eigenvalue weighted by Gasteiger charge is -2.58. The maximum Gasteiger partial charge on any atom is 0.143 e. The zero-order chi connectivity index (χ0) is 19.1. The van der Waals surface area contributed by atoms with Crippen LogP contribution in [0.4, 0.5) is 0 Å². The molecule has 3 saturated heterocycles. The van der Waals surface area contributed by atoms with Crippen LogP contribution in [0.3, 0.4) is 0 Å². The second-order valence-electron chi connectivity index (χ2n) is 8.41. The molecule has 0 bridgehead atoms. The molecule has 2 aromatic rings. The van der Waals surface area contributed by atoms with Crippen LogP contribution in [0, 0.1) is 5.41 Å². The Balaban J connectivity index is 1.38. The zero-order valence-electron chi connectivity index (χ0n) is 16.4. The Morgan fingerprint density at radius 3 is 2.82 bits per heavy atom. The molecule has 0 aromatic carbocycles. The first-order chi connectivity index (χ1) is 13.7. The number of rotatable bonds is 4. The number of morpholine rings is 1. The lowest BCUT2D eigenvalue weighted by molar-refractivity contribution is -0.128. The Morgan fingerprint density at radius 1 is 1.29 bits per heavy atom. The summed E-state index contributed by atoms with van der Waals surface area (Å²) in [6.07, 6.45) is 6.47. The molecule has 0 N–H and O–H groups in total. The van der Waals surface area contributed by atoms with Crippen LogP contribution in [0.2, 0.25) is 0 Å². The van der Waals surface area contributed by atoms with Crippen LogP contribution in [0.5, 0.6) is 0 Å². The molecule has 2 atom stereocenters. The first-order valence-corrected chi connectivity index (χ1v) is 11.6. The number of ether oxygens (including phenoxy) is 1. The van der Waals surface area contributed by atoms with Crippen molar-refractivity contribution in [1.29, 1.82) is 0 Å². The standard InChI is InChI=1S/C20H28ClN5OS/c1-2-24-5-3-20(4-6-24)12-26(13-20)19(25-7-8-27-18(21)11-25)16-9-15-17(28-16)10-22-14-23-15/h9-10,14,18-19H,2-8,11-13H2,1H3. The van der Waals surface area contributed by atoms with Gasteiger partial charge in [0.25, 0.3) is 0 Å². The van der Waals surface area contributed by atoms with Crippen molar-refractivity contribution in [3.05, 3.63) is 23.5 Å². The van der Waals surface area contributed by atoms with Crippen molar-refractivity contribution in [2.24, 2.45) is 5.41 Å². The summed E-state index contributed by atoms with van der Waals surface area (Å²) >= 11 is 8.17. The molecule has 5 heterocycles. The molecule has 28 heavy (non-hydrogen) atoms. The summed E-state index contributed by atoms with van der Waals surface area (Å²) in [4.78, 5) is 17.7. The molecular weight excluding hydrogens is 394 g/mol. The Morgan fingerprint density at radius 2 is 2.11 bits per heavy atom. The fraction of sp³-hybridized carbons (Fsp3) is 0.700. The highest BCUT2D eigenvalue weighted by Gasteiger charge is 2.48. The number of nitrogens with zero attached hydrogens (tertiary/aromatic N) is 5. The monoisotopic (exact) mass is 421 g/mol. The highest BCUT2D eigenvalue weighted by Crippen LogP contribution is 2.46. The zero-order valence-corrected chi connectivity index (χ0v) is 18.0. The molecule has 0 amide bonds. The Kier molecular flexibility index (Phi) is 5.32. The third-order valence-electron chi connectivity index (χ3n) is 6.66. The van der Waals surface area contributed by atoms with Gasteiger partial charge in [-0.05, 0) is 44.0 Å². The Hall–Kier alpha value is -0.830. The van der Waals surface area contributed by atoms with Crippen LogP contribution in [0.25, 0.3) is 10.2 Å². The minimum atomic E-state index is -0.228. The smallest absolute Gasteiger partial charge is 0.143 e. The van der Waals surface area contributed by atoms with Crippen LogP contribution in [-0.2, 0) is 4.74 Å². The van der Waals surface area contributed by atoms with E-state index in [1.165, 1.54) is 50.4 Å². The normalized spacial score (nSPS) is 27.9. The molecule has 1 spiro atoms. The Bertz CT molecular complexity index is 783. The summed E-state index contributed by atoms with van der Waals surface area (Å²) < 4.78 is 6.76. The number of thiophene rings is 1. The van der Waals surface area contributed by atoms with Gasteiger partial charge in [0.2, 0.25) is 0 Å². The van der Waals surface area contributed by atoms with E-state index in [0.29, 0.717) is 12.0 Å². The van der Waals surface area contributed by atoms with Gasteiger partial charge in [0.1, 0.15) is 11.9 Å². The molecule has 0 radical (unpaired) electrons. The first kappa shape index (κ1) is 19.2. The average Bonchev–Trinajstić information content (AvgIpc) is 3.11. The van der Waals surface area contributed by atoms with E-state index in [4.69, 9.17) is 16.3 Å².